The summed E-state index contributed by atoms with van der Waals surface area (Å²) in [5, 5.41) is 3.95. The van der Waals surface area contributed by atoms with E-state index < -0.39 is 0 Å². The van der Waals surface area contributed by atoms with Gasteiger partial charge in [0.25, 0.3) is 5.91 Å². The molecule has 0 aliphatic carbocycles. The van der Waals surface area contributed by atoms with E-state index in [-0.39, 0.29) is 19.3 Å². The zero-order chi connectivity index (χ0) is 17.8. The molecule has 1 aliphatic heterocycles. The second-order valence-electron chi connectivity index (χ2n) is 5.58. The Morgan fingerprint density at radius 3 is 2.84 bits per heavy atom. The van der Waals surface area contributed by atoms with Gasteiger partial charge in [0.2, 0.25) is 6.79 Å². The summed E-state index contributed by atoms with van der Waals surface area (Å²) in [5.74, 6) is 1.68. The lowest BCUT2D eigenvalue weighted by Gasteiger charge is -2.08. The van der Waals surface area contributed by atoms with E-state index in [1.165, 1.54) is 6.21 Å². The molecule has 0 fully saturated rings. The highest BCUT2D eigenvalue weighted by atomic mass is 79.9. The zero-order valence-electron chi connectivity index (χ0n) is 13.8. The molecule has 3 rings (SSSR count). The van der Waals surface area contributed by atoms with E-state index in [0.29, 0.717) is 17.2 Å². The number of nitrogens with one attached hydrogen (secondary N) is 1. The number of nitrogens with zero attached hydrogens (tertiary/aromatic N) is 1. The molecule has 0 unspecified atom stereocenters. The van der Waals surface area contributed by atoms with Crippen LogP contribution in [0, 0.1) is 13.8 Å². The number of fused-ring (bicyclic) bond motifs is 1. The molecule has 0 aromatic heterocycles. The van der Waals surface area contributed by atoms with Crippen LogP contribution in [0.25, 0.3) is 0 Å². The highest BCUT2D eigenvalue weighted by Gasteiger charge is 2.15. The summed E-state index contributed by atoms with van der Waals surface area (Å²) in [7, 11) is 0. The number of carbonyl (C=O) groups is 1. The van der Waals surface area contributed by atoms with Crippen molar-refractivity contribution < 1.29 is 19.0 Å². The Balaban J connectivity index is 1.55. The lowest BCUT2D eigenvalue weighted by Crippen LogP contribution is -2.24. The average Bonchev–Trinajstić information content (AvgIpc) is 3.03. The minimum absolute atomic E-state index is 0.107. The minimum atomic E-state index is -0.339. The number of aryl methyl sites for hydroxylation is 2. The van der Waals surface area contributed by atoms with Gasteiger partial charge in [0.1, 0.15) is 5.75 Å². The Morgan fingerprint density at radius 1 is 1.28 bits per heavy atom. The Morgan fingerprint density at radius 2 is 2.04 bits per heavy atom. The molecule has 6 nitrogen and oxygen atoms in total. The number of amides is 1. The molecule has 1 amide bonds. The molecule has 2 aromatic carbocycles. The molecule has 0 saturated carbocycles. The van der Waals surface area contributed by atoms with Crippen molar-refractivity contribution in [3.05, 3.63) is 51.5 Å². The SMILES string of the molecule is Cc1ccc(C)c(OCC(=O)N/N=C\c2cc3c(cc2Br)OCO3)c1. The molecule has 1 aliphatic rings. The smallest absolute Gasteiger partial charge is 0.277 e. The lowest BCUT2D eigenvalue weighted by atomic mass is 10.1. The van der Waals surface area contributed by atoms with Crippen LogP contribution < -0.4 is 19.6 Å². The molecule has 0 spiro atoms. The second-order valence-corrected chi connectivity index (χ2v) is 6.43. The van der Waals surface area contributed by atoms with Crippen molar-refractivity contribution in [3.8, 4) is 17.2 Å². The lowest BCUT2D eigenvalue weighted by molar-refractivity contribution is -0.123. The van der Waals surface area contributed by atoms with Gasteiger partial charge in [-0.2, -0.15) is 5.10 Å². The summed E-state index contributed by atoms with van der Waals surface area (Å²) in [5.41, 5.74) is 5.26. The first-order valence-electron chi connectivity index (χ1n) is 7.64. The predicted molar refractivity (Wildman–Crippen MR) is 97.4 cm³/mol. The van der Waals surface area contributed by atoms with Gasteiger partial charge in [0, 0.05) is 10.0 Å². The van der Waals surface area contributed by atoms with Gasteiger partial charge in [-0.25, -0.2) is 5.43 Å². The van der Waals surface area contributed by atoms with Crippen molar-refractivity contribution in [1.82, 2.24) is 5.43 Å². The van der Waals surface area contributed by atoms with Crippen molar-refractivity contribution in [1.29, 1.82) is 0 Å². The number of ether oxygens (including phenoxy) is 3. The van der Waals surface area contributed by atoms with Gasteiger partial charge >= 0.3 is 0 Å². The number of rotatable bonds is 5. The van der Waals surface area contributed by atoms with E-state index in [2.05, 4.69) is 26.5 Å². The van der Waals surface area contributed by atoms with Crippen molar-refractivity contribution >= 4 is 28.1 Å². The number of hydrogen-bond donors (Lipinski definition) is 1. The Hall–Kier alpha value is -2.54. The quantitative estimate of drug-likeness (QED) is 0.612. The topological polar surface area (TPSA) is 69.2 Å². The highest BCUT2D eigenvalue weighted by Crippen LogP contribution is 2.36. The van der Waals surface area contributed by atoms with E-state index in [4.69, 9.17) is 14.2 Å². The maximum absolute atomic E-state index is 11.9. The molecule has 1 heterocycles. The molecule has 0 radical (unpaired) electrons. The van der Waals surface area contributed by atoms with E-state index in [1.807, 2.05) is 32.0 Å². The molecule has 0 bridgehead atoms. The van der Waals surface area contributed by atoms with Crippen LogP contribution in [0.3, 0.4) is 0 Å². The first kappa shape index (κ1) is 17.3. The molecule has 1 N–H and O–H groups in total. The van der Waals surface area contributed by atoms with Gasteiger partial charge in [0.15, 0.2) is 18.1 Å². The molecule has 0 saturated heterocycles. The van der Waals surface area contributed by atoms with E-state index in [1.54, 1.807) is 12.1 Å². The third-order valence-corrected chi connectivity index (χ3v) is 4.27. The first-order chi connectivity index (χ1) is 12.0. The monoisotopic (exact) mass is 404 g/mol. The minimum Gasteiger partial charge on any atom is -0.483 e. The first-order valence-corrected chi connectivity index (χ1v) is 8.43. The predicted octanol–water partition coefficient (Wildman–Crippen LogP) is 3.32. The molecule has 0 atom stereocenters. The Kier molecular flexibility index (Phi) is 5.23. The summed E-state index contributed by atoms with van der Waals surface area (Å²) >= 11 is 3.43. The summed E-state index contributed by atoms with van der Waals surface area (Å²) < 4.78 is 16.9. The van der Waals surface area contributed by atoms with Crippen molar-refractivity contribution in [3.63, 3.8) is 0 Å². The number of benzene rings is 2. The van der Waals surface area contributed by atoms with Crippen LogP contribution >= 0.6 is 15.9 Å². The van der Waals surface area contributed by atoms with Gasteiger partial charge in [-0.05, 0) is 59.1 Å². The molecular weight excluding hydrogens is 388 g/mol. The normalized spacial score (nSPS) is 12.4. The van der Waals surface area contributed by atoms with E-state index in [9.17, 15) is 4.79 Å². The van der Waals surface area contributed by atoms with Gasteiger partial charge in [0.05, 0.1) is 6.21 Å². The van der Waals surface area contributed by atoms with Crippen LogP contribution in [0.1, 0.15) is 16.7 Å². The summed E-state index contributed by atoms with van der Waals surface area (Å²) in [6, 6.07) is 9.44. The van der Waals surface area contributed by atoms with Gasteiger partial charge < -0.3 is 14.2 Å². The van der Waals surface area contributed by atoms with Crippen LogP contribution in [0.5, 0.6) is 17.2 Å². The maximum atomic E-state index is 11.9. The maximum Gasteiger partial charge on any atom is 0.277 e. The molecule has 7 heteroatoms. The third-order valence-electron chi connectivity index (χ3n) is 3.59. The standard InChI is InChI=1S/C18H17BrN2O4/c1-11-3-4-12(2)15(5-11)23-9-18(22)21-20-8-13-6-16-17(7-14(13)19)25-10-24-16/h3-8H,9-10H2,1-2H3,(H,21,22)/b20-8-. The summed E-state index contributed by atoms with van der Waals surface area (Å²) in [6.07, 6.45) is 1.53. The Labute approximate surface area is 153 Å². The van der Waals surface area contributed by atoms with Crippen LogP contribution in [-0.4, -0.2) is 25.5 Å². The largest absolute Gasteiger partial charge is 0.483 e. The van der Waals surface area contributed by atoms with Gasteiger partial charge in [-0.3, -0.25) is 4.79 Å². The fourth-order valence-corrected chi connectivity index (χ4v) is 2.67. The zero-order valence-corrected chi connectivity index (χ0v) is 15.4. The molecule has 130 valence electrons. The van der Waals surface area contributed by atoms with Gasteiger partial charge in [-0.15, -0.1) is 0 Å². The highest BCUT2D eigenvalue weighted by molar-refractivity contribution is 9.10. The van der Waals surface area contributed by atoms with Crippen molar-refractivity contribution in [2.45, 2.75) is 13.8 Å². The van der Waals surface area contributed by atoms with Crippen molar-refractivity contribution in [2.75, 3.05) is 13.4 Å². The molecule has 25 heavy (non-hydrogen) atoms. The number of hydrazone groups is 1. The second kappa shape index (κ2) is 7.57. The molecular formula is C18H17BrN2O4. The van der Waals surface area contributed by atoms with E-state index >= 15 is 0 Å². The fraction of sp³-hybridized carbons (Fsp3) is 0.222. The number of halogens is 1. The van der Waals surface area contributed by atoms with Crippen LogP contribution in [-0.2, 0) is 4.79 Å². The molecule has 2 aromatic rings. The van der Waals surface area contributed by atoms with Crippen LogP contribution in [0.2, 0.25) is 0 Å². The summed E-state index contributed by atoms with van der Waals surface area (Å²) in [4.78, 5) is 11.9. The van der Waals surface area contributed by atoms with Crippen molar-refractivity contribution in [2.24, 2.45) is 5.10 Å². The summed E-state index contributed by atoms with van der Waals surface area (Å²) in [6.45, 7) is 4.00. The average molecular weight is 405 g/mol. The van der Waals surface area contributed by atoms with Crippen LogP contribution in [0.15, 0.2) is 39.9 Å². The fourth-order valence-electron chi connectivity index (χ4n) is 2.24. The van der Waals surface area contributed by atoms with Gasteiger partial charge in [-0.1, -0.05) is 12.1 Å². The number of hydrogen-bond acceptors (Lipinski definition) is 5. The number of carbonyl (C=O) groups excluding carboxylic acids is 1. The van der Waals surface area contributed by atoms with E-state index in [0.717, 1.165) is 21.2 Å². The Bertz CT molecular complexity index is 836. The van der Waals surface area contributed by atoms with Crippen LogP contribution in [0.4, 0.5) is 0 Å². The third kappa shape index (κ3) is 4.30.